The van der Waals surface area contributed by atoms with Crippen LogP contribution in [-0.2, 0) is 9.59 Å². The lowest BCUT2D eigenvalue weighted by Gasteiger charge is -2.34. The molecule has 4 rings (SSSR count). The number of aryl methyl sites for hydroxylation is 1. The summed E-state index contributed by atoms with van der Waals surface area (Å²) < 4.78 is 14.4. The monoisotopic (exact) mass is 500 g/mol. The molecular weight excluding hydrogens is 467 g/mol. The van der Waals surface area contributed by atoms with Gasteiger partial charge in [0.2, 0.25) is 11.8 Å². The second-order valence-corrected chi connectivity index (χ2v) is 9.47. The summed E-state index contributed by atoms with van der Waals surface area (Å²) in [6, 6.07) is 19.5. The van der Waals surface area contributed by atoms with Gasteiger partial charge in [-0.05, 0) is 66.8 Å². The molecule has 0 radical (unpaired) electrons. The van der Waals surface area contributed by atoms with Crippen LogP contribution < -0.4 is 15.5 Å². The Balaban J connectivity index is 1.69. The fraction of sp³-hybridized carbons (Fsp3) is 0.300. The standard InChI is InChI=1S/C30H33FN4O2/c1-21-8-5-6-13-27(21)29(30(37)34-25-10-3-2-4-11-25)35(26-12-7-9-23(31)18-26)28(36)20-33-24-16-14-22(19-32)15-17-24/h5-9,12-19,25,29,32-33H,2-4,10-11,20H2,1H3,(H,34,37). The van der Waals surface area contributed by atoms with Crippen molar-refractivity contribution in [1.29, 1.82) is 5.41 Å². The van der Waals surface area contributed by atoms with Crippen molar-refractivity contribution in [2.24, 2.45) is 0 Å². The van der Waals surface area contributed by atoms with Crippen molar-refractivity contribution in [2.75, 3.05) is 16.8 Å². The number of halogens is 1. The van der Waals surface area contributed by atoms with Crippen molar-refractivity contribution < 1.29 is 14.0 Å². The molecule has 0 saturated heterocycles. The molecule has 1 saturated carbocycles. The summed E-state index contributed by atoms with van der Waals surface area (Å²) in [4.78, 5) is 29.1. The average molecular weight is 501 g/mol. The number of hydrogen-bond donors (Lipinski definition) is 3. The summed E-state index contributed by atoms with van der Waals surface area (Å²) in [6.07, 6.45) is 6.35. The predicted molar refractivity (Wildman–Crippen MR) is 146 cm³/mol. The van der Waals surface area contributed by atoms with E-state index in [-0.39, 0.29) is 24.4 Å². The number of carbonyl (C=O) groups is 2. The van der Waals surface area contributed by atoms with E-state index in [4.69, 9.17) is 5.41 Å². The molecule has 0 spiro atoms. The molecule has 1 atom stereocenters. The molecule has 7 heteroatoms. The van der Waals surface area contributed by atoms with E-state index in [0.29, 0.717) is 16.9 Å². The third kappa shape index (κ3) is 6.61. The maximum absolute atomic E-state index is 14.4. The summed E-state index contributed by atoms with van der Waals surface area (Å²) in [5.41, 5.74) is 3.34. The van der Waals surface area contributed by atoms with Crippen LogP contribution >= 0.6 is 0 Å². The van der Waals surface area contributed by atoms with E-state index >= 15 is 0 Å². The van der Waals surface area contributed by atoms with E-state index in [1.165, 1.54) is 23.2 Å². The van der Waals surface area contributed by atoms with Gasteiger partial charge >= 0.3 is 0 Å². The molecule has 0 bridgehead atoms. The van der Waals surface area contributed by atoms with Crippen LogP contribution in [-0.4, -0.2) is 30.6 Å². The smallest absolute Gasteiger partial charge is 0.248 e. The van der Waals surface area contributed by atoms with E-state index in [1.54, 1.807) is 36.4 Å². The minimum Gasteiger partial charge on any atom is -0.376 e. The zero-order valence-electron chi connectivity index (χ0n) is 21.0. The number of nitrogens with one attached hydrogen (secondary N) is 3. The molecule has 3 N–H and O–H groups in total. The van der Waals surface area contributed by atoms with Crippen molar-refractivity contribution >= 4 is 29.4 Å². The first-order chi connectivity index (χ1) is 18.0. The molecule has 1 aliphatic rings. The predicted octanol–water partition coefficient (Wildman–Crippen LogP) is 5.77. The summed E-state index contributed by atoms with van der Waals surface area (Å²) in [5, 5.41) is 13.6. The number of benzene rings is 3. The Bertz CT molecular complexity index is 1240. The van der Waals surface area contributed by atoms with Crippen LogP contribution in [0.15, 0.2) is 72.8 Å². The number of nitrogens with zero attached hydrogens (tertiary/aromatic N) is 1. The van der Waals surface area contributed by atoms with Gasteiger partial charge in [-0.3, -0.25) is 14.5 Å². The second-order valence-electron chi connectivity index (χ2n) is 9.47. The van der Waals surface area contributed by atoms with Crippen molar-refractivity contribution in [3.63, 3.8) is 0 Å². The highest BCUT2D eigenvalue weighted by Gasteiger charge is 2.35. The fourth-order valence-corrected chi connectivity index (χ4v) is 4.84. The van der Waals surface area contributed by atoms with Gasteiger partial charge in [0.25, 0.3) is 0 Å². The zero-order valence-corrected chi connectivity index (χ0v) is 21.0. The lowest BCUT2D eigenvalue weighted by molar-refractivity contribution is -0.126. The Morgan fingerprint density at radius 2 is 1.76 bits per heavy atom. The lowest BCUT2D eigenvalue weighted by Crippen LogP contribution is -2.48. The Labute approximate surface area is 217 Å². The molecule has 1 aliphatic carbocycles. The van der Waals surface area contributed by atoms with E-state index in [2.05, 4.69) is 10.6 Å². The van der Waals surface area contributed by atoms with Crippen LogP contribution in [0.4, 0.5) is 15.8 Å². The molecule has 3 aromatic carbocycles. The molecule has 192 valence electrons. The van der Waals surface area contributed by atoms with Crippen molar-refractivity contribution in [1.82, 2.24) is 5.32 Å². The van der Waals surface area contributed by atoms with Gasteiger partial charge in [-0.1, -0.05) is 61.7 Å². The van der Waals surface area contributed by atoms with E-state index in [9.17, 15) is 14.0 Å². The third-order valence-corrected chi connectivity index (χ3v) is 6.82. The maximum atomic E-state index is 14.4. The first-order valence-electron chi connectivity index (χ1n) is 12.7. The summed E-state index contributed by atoms with van der Waals surface area (Å²) in [7, 11) is 0. The van der Waals surface area contributed by atoms with Gasteiger partial charge in [0.15, 0.2) is 0 Å². The zero-order chi connectivity index (χ0) is 26.2. The van der Waals surface area contributed by atoms with Crippen LogP contribution in [0.1, 0.15) is 54.8 Å². The molecule has 0 aromatic heterocycles. The van der Waals surface area contributed by atoms with Gasteiger partial charge in [0, 0.05) is 23.6 Å². The molecule has 6 nitrogen and oxygen atoms in total. The van der Waals surface area contributed by atoms with E-state index in [0.717, 1.165) is 43.2 Å². The number of amides is 2. The molecule has 0 heterocycles. The van der Waals surface area contributed by atoms with Gasteiger partial charge in [-0.2, -0.15) is 0 Å². The molecule has 3 aromatic rings. The number of rotatable bonds is 9. The summed E-state index contributed by atoms with van der Waals surface area (Å²) in [5.74, 6) is -1.12. The fourth-order valence-electron chi connectivity index (χ4n) is 4.84. The minimum absolute atomic E-state index is 0.0581. The van der Waals surface area contributed by atoms with Crippen LogP contribution in [0.2, 0.25) is 0 Å². The molecule has 1 unspecified atom stereocenters. The summed E-state index contributed by atoms with van der Waals surface area (Å²) in [6.45, 7) is 1.81. The third-order valence-electron chi connectivity index (χ3n) is 6.82. The van der Waals surface area contributed by atoms with E-state index < -0.39 is 11.9 Å². The molecular formula is C30H33FN4O2. The highest BCUT2D eigenvalue weighted by atomic mass is 19.1. The van der Waals surface area contributed by atoms with Crippen molar-refractivity contribution in [2.45, 2.75) is 51.1 Å². The molecule has 2 amide bonds. The van der Waals surface area contributed by atoms with Crippen LogP contribution in [0.25, 0.3) is 0 Å². The van der Waals surface area contributed by atoms with Gasteiger partial charge < -0.3 is 16.0 Å². The number of anilines is 2. The van der Waals surface area contributed by atoms with Gasteiger partial charge in [-0.25, -0.2) is 4.39 Å². The number of carbonyl (C=O) groups excluding carboxylic acids is 2. The van der Waals surface area contributed by atoms with Crippen molar-refractivity contribution in [3.05, 3.63) is 95.3 Å². The van der Waals surface area contributed by atoms with Gasteiger partial charge in [0.1, 0.15) is 11.9 Å². The first kappa shape index (κ1) is 26.1. The highest BCUT2D eigenvalue weighted by Crippen LogP contribution is 2.31. The van der Waals surface area contributed by atoms with Crippen LogP contribution in [0.5, 0.6) is 0 Å². The Morgan fingerprint density at radius 3 is 2.43 bits per heavy atom. The minimum atomic E-state index is -0.959. The number of hydrogen-bond acceptors (Lipinski definition) is 4. The molecule has 1 fully saturated rings. The van der Waals surface area contributed by atoms with Crippen molar-refractivity contribution in [3.8, 4) is 0 Å². The normalized spacial score (nSPS) is 14.4. The van der Waals surface area contributed by atoms with Crippen LogP contribution in [0.3, 0.4) is 0 Å². The lowest BCUT2D eigenvalue weighted by atomic mass is 9.93. The Hall–Kier alpha value is -4.00. The maximum Gasteiger partial charge on any atom is 0.248 e. The summed E-state index contributed by atoms with van der Waals surface area (Å²) >= 11 is 0. The van der Waals surface area contributed by atoms with Gasteiger partial charge in [0.05, 0.1) is 6.54 Å². The second kappa shape index (κ2) is 12.3. The highest BCUT2D eigenvalue weighted by molar-refractivity contribution is 6.03. The van der Waals surface area contributed by atoms with Gasteiger partial charge in [-0.15, -0.1) is 0 Å². The topological polar surface area (TPSA) is 85.3 Å². The van der Waals surface area contributed by atoms with Crippen LogP contribution in [0, 0.1) is 18.2 Å². The van der Waals surface area contributed by atoms with E-state index in [1.807, 2.05) is 31.2 Å². The Morgan fingerprint density at radius 1 is 1.03 bits per heavy atom. The SMILES string of the molecule is Cc1ccccc1C(C(=O)NC1CCCCC1)N(C(=O)CNc1ccc(C=N)cc1)c1cccc(F)c1. The quantitative estimate of drug-likeness (QED) is 0.326. The first-order valence-corrected chi connectivity index (χ1v) is 12.7. The largest absolute Gasteiger partial charge is 0.376 e. The molecule has 37 heavy (non-hydrogen) atoms. The Kier molecular flexibility index (Phi) is 8.67. The average Bonchev–Trinajstić information content (AvgIpc) is 2.91. The molecule has 0 aliphatic heterocycles.